The molecule has 10 heterocycles. The van der Waals surface area contributed by atoms with Gasteiger partial charge in [0.25, 0.3) is 0 Å². The number of ether oxygens (including phenoxy) is 1. The van der Waals surface area contributed by atoms with Crippen molar-refractivity contribution in [2.45, 2.75) is 34.6 Å². The van der Waals surface area contributed by atoms with Crippen LogP contribution in [0.4, 0.5) is 0 Å². The summed E-state index contributed by atoms with van der Waals surface area (Å²) in [4.78, 5) is 35.0. The largest absolute Gasteiger partial charge is 0.477 e. The fraction of sp³-hybridized carbons (Fsp3) is 0.162. The molecule has 10 rings (SSSR count). The summed E-state index contributed by atoms with van der Waals surface area (Å²) >= 11 is 23.6. The van der Waals surface area contributed by atoms with Crippen molar-refractivity contribution in [2.75, 3.05) is 6.61 Å². The Hall–Kier alpha value is -1.87. The first-order valence-corrected chi connectivity index (χ1v) is 25.9. The summed E-state index contributed by atoms with van der Waals surface area (Å²) in [6.07, 6.45) is 0.904. The van der Waals surface area contributed by atoms with Crippen LogP contribution in [0.25, 0.3) is 56.4 Å². The summed E-state index contributed by atoms with van der Waals surface area (Å²) < 4.78 is 22.3. The van der Waals surface area contributed by atoms with Gasteiger partial charge in [-0.25, -0.2) is 9.59 Å². The maximum Gasteiger partial charge on any atom is 0.348 e. The average Bonchev–Trinajstić information content (AvgIpc) is 3.99. The predicted molar refractivity (Wildman–Crippen MR) is 252 cm³/mol. The fourth-order valence-electron chi connectivity index (χ4n) is 5.24. The average molecular weight is 1030 g/mol. The molecule has 0 unspecified atom stereocenters. The minimum Gasteiger partial charge on any atom is -0.477 e. The lowest BCUT2D eigenvalue weighted by atomic mass is 10.3. The zero-order valence-electron chi connectivity index (χ0n) is 28.7. The molecule has 10 aromatic rings. The Morgan fingerprint density at radius 2 is 1.07 bits per heavy atom. The summed E-state index contributed by atoms with van der Waals surface area (Å²) in [5.74, 6) is -1.04. The number of carboxylic acids is 1. The number of carbonyl (C=O) groups is 3. The first-order valence-electron chi connectivity index (χ1n) is 15.8. The number of thiophene rings is 10. The summed E-state index contributed by atoms with van der Waals surface area (Å²) in [5.41, 5.74) is 5.28. The van der Waals surface area contributed by atoms with Crippen LogP contribution in [0.15, 0.2) is 48.0 Å². The number of aldehydes is 1. The van der Waals surface area contributed by atoms with Gasteiger partial charge in [0.2, 0.25) is 0 Å². The minimum atomic E-state index is -0.829. The molecule has 0 aromatic carbocycles. The van der Waals surface area contributed by atoms with Crippen molar-refractivity contribution in [3.63, 3.8) is 0 Å². The van der Waals surface area contributed by atoms with E-state index in [-0.39, 0.29) is 5.97 Å². The van der Waals surface area contributed by atoms with Gasteiger partial charge in [0.1, 0.15) is 9.75 Å². The van der Waals surface area contributed by atoms with Crippen LogP contribution in [0, 0.1) is 27.7 Å². The van der Waals surface area contributed by atoms with Crippen molar-refractivity contribution >= 4 is 220 Å². The van der Waals surface area contributed by atoms with Gasteiger partial charge in [0.15, 0.2) is 6.29 Å². The Labute approximate surface area is 366 Å². The summed E-state index contributed by atoms with van der Waals surface area (Å²) in [5, 5.41) is 19.7. The number of rotatable bonds is 4. The lowest BCUT2D eigenvalue weighted by molar-refractivity contribution is 0.0531. The lowest BCUT2D eigenvalue weighted by Crippen LogP contribution is -2.01. The van der Waals surface area contributed by atoms with Gasteiger partial charge >= 0.3 is 11.9 Å². The quantitative estimate of drug-likeness (QED) is 0.140. The topological polar surface area (TPSA) is 80.7 Å². The molecule has 10 aromatic heterocycles. The van der Waals surface area contributed by atoms with E-state index in [1.54, 1.807) is 85.4 Å². The zero-order valence-corrected chi connectivity index (χ0v) is 40.1. The van der Waals surface area contributed by atoms with Crippen LogP contribution in [0.1, 0.15) is 58.2 Å². The molecule has 0 amide bonds. The van der Waals surface area contributed by atoms with Crippen LogP contribution in [0.3, 0.4) is 0 Å². The molecule has 0 saturated heterocycles. The lowest BCUT2D eigenvalue weighted by Gasteiger charge is -1.96. The van der Waals surface area contributed by atoms with Crippen LogP contribution in [-0.4, -0.2) is 29.9 Å². The number of carbonyl (C=O) groups excluding carboxylic acids is 2. The maximum absolute atomic E-state index is 11.6. The zero-order chi connectivity index (χ0) is 38.4. The van der Waals surface area contributed by atoms with E-state index >= 15 is 0 Å². The van der Waals surface area contributed by atoms with Gasteiger partial charge in [-0.3, -0.25) is 4.79 Å². The molecular formula is C37H26Br2O5S10. The molecule has 17 heteroatoms. The normalized spacial score (nSPS) is 11.2. The monoisotopic (exact) mass is 1030 g/mol. The Morgan fingerprint density at radius 3 is 1.57 bits per heavy atom. The molecule has 278 valence electrons. The van der Waals surface area contributed by atoms with E-state index in [0.29, 0.717) is 16.4 Å². The van der Waals surface area contributed by atoms with Gasteiger partial charge in [-0.1, -0.05) is 0 Å². The molecule has 0 aliphatic rings. The fourth-order valence-corrected chi connectivity index (χ4v) is 19.0. The molecule has 0 saturated carbocycles. The second-order valence-corrected chi connectivity index (χ2v) is 22.9. The van der Waals surface area contributed by atoms with Crippen LogP contribution in [0.2, 0.25) is 0 Å². The minimum absolute atomic E-state index is 0.206. The van der Waals surface area contributed by atoms with Gasteiger partial charge in [-0.05, 0) is 122 Å². The maximum atomic E-state index is 11.6. The molecular weight excluding hydrogens is 1000 g/mol. The summed E-state index contributed by atoms with van der Waals surface area (Å²) in [7, 11) is 0. The first-order chi connectivity index (χ1) is 25.9. The molecule has 0 aliphatic carbocycles. The standard InChI is InChI=1S/C12H10O2S3.C10H6O2S3.C8H5BrOS2.C7H5BrS2/c1-3-14-12(13)8-4-7-10(17-8)11-9(16-7)6(2)5-15-11;1-4-3-13-9-7(4)14-5-2-6(10(11)12)15-8(5)9;1-4-3-11-8-6(9)5(2-10)12-7(4)8;1-4-2-9-7-5(8)3-10-6(4)7/h4-5H,3H2,1-2H3;2-3H,1H3,(H,11,12);2-3H,1H3;2-3H,1H3. The van der Waals surface area contributed by atoms with Crippen molar-refractivity contribution < 1.29 is 24.2 Å². The summed E-state index contributed by atoms with van der Waals surface area (Å²) in [6, 6.07) is 3.73. The number of hydrogen-bond acceptors (Lipinski definition) is 14. The van der Waals surface area contributed by atoms with E-state index in [4.69, 9.17) is 9.84 Å². The molecule has 0 spiro atoms. The first kappa shape index (κ1) is 40.3. The Morgan fingerprint density at radius 1 is 0.611 bits per heavy atom. The third kappa shape index (κ3) is 7.85. The highest BCUT2D eigenvalue weighted by Gasteiger charge is 2.18. The van der Waals surface area contributed by atoms with Gasteiger partial charge in [-0.15, -0.1) is 113 Å². The Kier molecular flexibility index (Phi) is 12.6. The Balaban J connectivity index is 0.000000113. The van der Waals surface area contributed by atoms with Gasteiger partial charge < -0.3 is 9.84 Å². The van der Waals surface area contributed by atoms with Crippen molar-refractivity contribution in [1.82, 2.24) is 0 Å². The highest BCUT2D eigenvalue weighted by atomic mass is 79.9. The van der Waals surface area contributed by atoms with E-state index in [0.717, 1.165) is 25.0 Å². The second-order valence-electron chi connectivity index (χ2n) is 11.6. The van der Waals surface area contributed by atoms with Gasteiger partial charge in [0, 0.05) is 28.7 Å². The third-order valence-corrected chi connectivity index (χ3v) is 23.1. The van der Waals surface area contributed by atoms with Crippen LogP contribution in [-0.2, 0) is 4.74 Å². The van der Waals surface area contributed by atoms with Crippen LogP contribution in [0.5, 0.6) is 0 Å². The number of carboxylic acid groups (broad SMARTS) is 1. The number of aryl methyl sites for hydroxylation is 4. The van der Waals surface area contributed by atoms with Crippen LogP contribution >= 0.6 is 145 Å². The van der Waals surface area contributed by atoms with Gasteiger partial charge in [0.05, 0.1) is 53.6 Å². The predicted octanol–water partition coefficient (Wildman–Crippen LogP) is 16.7. The Bertz CT molecular complexity index is 2930. The van der Waals surface area contributed by atoms with E-state index in [1.165, 1.54) is 85.1 Å². The number of fused-ring (bicyclic) bond motifs is 8. The second kappa shape index (κ2) is 16.9. The molecule has 0 aliphatic heterocycles. The van der Waals surface area contributed by atoms with Crippen LogP contribution < -0.4 is 0 Å². The van der Waals surface area contributed by atoms with E-state index in [2.05, 4.69) is 86.5 Å². The molecule has 0 atom stereocenters. The van der Waals surface area contributed by atoms with E-state index in [9.17, 15) is 14.4 Å². The molecule has 5 nitrogen and oxygen atoms in total. The molecule has 1 N–H and O–H groups in total. The van der Waals surface area contributed by atoms with Crippen molar-refractivity contribution in [3.8, 4) is 0 Å². The number of halogens is 2. The van der Waals surface area contributed by atoms with Crippen molar-refractivity contribution in [3.05, 3.63) is 84.9 Å². The van der Waals surface area contributed by atoms with Crippen molar-refractivity contribution in [2.24, 2.45) is 0 Å². The molecule has 54 heavy (non-hydrogen) atoms. The van der Waals surface area contributed by atoms with Crippen molar-refractivity contribution in [1.29, 1.82) is 0 Å². The van der Waals surface area contributed by atoms with Gasteiger partial charge in [-0.2, -0.15) is 0 Å². The van der Waals surface area contributed by atoms with E-state index in [1.807, 2.05) is 35.7 Å². The summed E-state index contributed by atoms with van der Waals surface area (Å²) in [6.45, 7) is 10.7. The number of hydrogen-bond donors (Lipinski definition) is 1. The highest BCUT2D eigenvalue weighted by Crippen LogP contribution is 2.45. The highest BCUT2D eigenvalue weighted by molar-refractivity contribution is 9.11. The SMILES string of the molecule is CCOC(=O)c1cc2sc3c(C)csc3c2s1.Cc1csc2c(Br)c(C=O)sc12.Cc1csc2c(Br)csc12.Cc1csc2c1sc1cc(C(=O)O)sc12. The van der Waals surface area contributed by atoms with E-state index < -0.39 is 5.97 Å². The number of esters is 1. The smallest absolute Gasteiger partial charge is 0.348 e. The number of aromatic carboxylic acids is 1. The molecule has 0 fully saturated rings. The molecule has 0 bridgehead atoms. The third-order valence-electron chi connectivity index (χ3n) is 7.82. The molecule has 0 radical (unpaired) electrons.